The number of hydrogen-bond donors (Lipinski definition) is 7. The number of ether oxygens (including phenoxy) is 2. The van der Waals surface area contributed by atoms with Crippen LogP contribution in [0.1, 0.15) is 32.2 Å². The minimum atomic E-state index is -4.95. The zero-order chi connectivity index (χ0) is 33.2. The van der Waals surface area contributed by atoms with Crippen molar-refractivity contribution in [1.29, 1.82) is 0 Å². The van der Waals surface area contributed by atoms with Crippen LogP contribution in [0.5, 0.6) is 0 Å². The number of H-pyrrole nitrogens is 1. The van der Waals surface area contributed by atoms with Gasteiger partial charge < -0.3 is 35.8 Å². The molecule has 3 aliphatic rings. The number of nitrogens with zero attached hydrogens (tertiary/aromatic N) is 7. The molecule has 10 atom stereocenters. The van der Waals surface area contributed by atoms with Gasteiger partial charge in [0.2, 0.25) is 5.95 Å². The third-order valence-electron chi connectivity index (χ3n) is 8.26. The first-order valence-corrected chi connectivity index (χ1v) is 17.5. The Kier molecular flexibility index (Phi) is 8.17. The van der Waals surface area contributed by atoms with Crippen LogP contribution in [0.15, 0.2) is 23.8 Å². The maximum absolute atomic E-state index is 13.6. The van der Waals surface area contributed by atoms with E-state index in [9.17, 15) is 28.8 Å². The normalized spacial score (nSPS) is 36.6. The highest BCUT2D eigenvalue weighted by atomic mass is 31.2. The summed E-state index contributed by atoms with van der Waals surface area (Å²) in [5.74, 6) is -0.726. The van der Waals surface area contributed by atoms with Crippen LogP contribution in [0.2, 0.25) is 0 Å². The molecule has 254 valence electrons. The standard InChI is InChI=1S/C23H31N11O11P2/c1-2-3-9-10-4-42-47(39,40)45-16-11(44-22(15(16)35)33-7-28-13-17(24)26-6-27-18(13)33)5-41-46(37,38)32-12(9)21(43-10)34-8-29-14-19(34)30-23(25)31-20(14)36/h6-12,15-16,21-22,35H,2-5H2,1H3,(H,39,40)(H2,24,26,27)(H2,32,37,38)(H3,25,30,31,36). The molecule has 0 aliphatic carbocycles. The molecule has 0 saturated carbocycles. The van der Waals surface area contributed by atoms with Crippen molar-refractivity contribution in [2.75, 3.05) is 24.7 Å². The van der Waals surface area contributed by atoms with Crippen LogP contribution in [0, 0.1) is 5.92 Å². The maximum atomic E-state index is 13.6. The molecule has 0 amide bonds. The molecule has 47 heavy (non-hydrogen) atoms. The van der Waals surface area contributed by atoms with Crippen molar-refractivity contribution >= 4 is 49.7 Å². The van der Waals surface area contributed by atoms with Gasteiger partial charge in [-0.2, -0.15) is 4.98 Å². The molecule has 0 radical (unpaired) electrons. The predicted octanol–water partition coefficient (Wildman–Crippen LogP) is -0.713. The first-order chi connectivity index (χ1) is 22.4. The van der Waals surface area contributed by atoms with Gasteiger partial charge in [-0.25, -0.2) is 34.2 Å². The average molecular weight is 700 g/mol. The summed E-state index contributed by atoms with van der Waals surface area (Å²) in [7, 11) is -9.68. The van der Waals surface area contributed by atoms with Crippen molar-refractivity contribution in [1.82, 2.24) is 44.1 Å². The van der Waals surface area contributed by atoms with E-state index >= 15 is 0 Å². The second kappa shape index (κ2) is 11.9. The quantitative estimate of drug-likeness (QED) is 0.129. The largest absolute Gasteiger partial charge is 0.472 e. The minimum Gasteiger partial charge on any atom is -0.386 e. The van der Waals surface area contributed by atoms with Crippen LogP contribution in [0.25, 0.3) is 22.3 Å². The van der Waals surface area contributed by atoms with Gasteiger partial charge >= 0.3 is 15.6 Å². The second-order valence-corrected chi connectivity index (χ2v) is 14.2. The Morgan fingerprint density at radius 2 is 1.68 bits per heavy atom. The summed E-state index contributed by atoms with van der Waals surface area (Å²) >= 11 is 0. The first kappa shape index (κ1) is 32.2. The molecule has 24 heteroatoms. The lowest BCUT2D eigenvalue weighted by molar-refractivity contribution is -0.0525. The van der Waals surface area contributed by atoms with Gasteiger partial charge in [-0.15, -0.1) is 0 Å². The van der Waals surface area contributed by atoms with Crippen LogP contribution in [-0.2, 0) is 32.2 Å². The number of nitrogens with one attached hydrogen (secondary N) is 2. The van der Waals surface area contributed by atoms with Crippen molar-refractivity contribution < 1.29 is 47.1 Å². The SMILES string of the molecule is CCCC1C2COP(=O)(O)OC3C(COP(=O)(O)NC1C(n1cnc4c(=O)[nH]c(N)nc41)O2)OC(n1cnc2c(N)ncnc21)C3O. The summed E-state index contributed by atoms with van der Waals surface area (Å²) in [6, 6.07) is -1.00. The number of nitrogen functional groups attached to an aromatic ring is 2. The molecule has 4 aromatic heterocycles. The molecule has 3 aliphatic heterocycles. The number of aromatic amines is 1. The molecular formula is C23H31N11O11P2. The van der Waals surface area contributed by atoms with E-state index in [0.29, 0.717) is 12.8 Å². The molecule has 9 N–H and O–H groups in total. The number of rotatable bonds is 4. The molecule has 0 aromatic carbocycles. The monoisotopic (exact) mass is 699 g/mol. The Labute approximate surface area is 263 Å². The van der Waals surface area contributed by atoms with Crippen LogP contribution in [0.4, 0.5) is 11.8 Å². The van der Waals surface area contributed by atoms with Gasteiger partial charge in [-0.05, 0) is 6.42 Å². The lowest BCUT2D eigenvalue weighted by atomic mass is 9.92. The van der Waals surface area contributed by atoms with E-state index in [1.54, 1.807) is 0 Å². The maximum Gasteiger partial charge on any atom is 0.472 e. The number of anilines is 2. The predicted molar refractivity (Wildman–Crippen MR) is 158 cm³/mol. The number of aliphatic hydroxyl groups is 1. The van der Waals surface area contributed by atoms with Gasteiger partial charge in [0.05, 0.1) is 38.0 Å². The summed E-state index contributed by atoms with van der Waals surface area (Å²) < 4.78 is 58.0. The van der Waals surface area contributed by atoms with Crippen molar-refractivity contribution in [3.63, 3.8) is 0 Å². The Hall–Kier alpha value is -3.40. The summed E-state index contributed by atoms with van der Waals surface area (Å²) in [5, 5.41) is 13.9. The number of hydrogen-bond acceptors (Lipinski definition) is 16. The number of phosphoric acid groups is 1. The van der Waals surface area contributed by atoms with Gasteiger partial charge in [-0.1, -0.05) is 13.3 Å². The number of imidazole rings is 2. The zero-order valence-electron chi connectivity index (χ0n) is 24.5. The van der Waals surface area contributed by atoms with E-state index in [-0.39, 0.29) is 34.1 Å². The first-order valence-electron chi connectivity index (χ1n) is 14.4. The smallest absolute Gasteiger partial charge is 0.386 e. The Bertz CT molecular complexity index is 1970. The van der Waals surface area contributed by atoms with Crippen LogP contribution in [-0.4, -0.2) is 97.6 Å². The third kappa shape index (κ3) is 5.85. The number of nitrogens with two attached hydrogens (primary N) is 2. The summed E-state index contributed by atoms with van der Waals surface area (Å²) in [6.45, 7) is 0.678. The van der Waals surface area contributed by atoms with Gasteiger partial charge in [0.15, 0.2) is 35.1 Å². The van der Waals surface area contributed by atoms with Gasteiger partial charge in [0.25, 0.3) is 5.56 Å². The van der Waals surface area contributed by atoms with Gasteiger partial charge in [-0.3, -0.25) is 32.5 Å². The van der Waals surface area contributed by atoms with Crippen molar-refractivity contribution in [2.45, 2.75) is 62.7 Å². The van der Waals surface area contributed by atoms with Crippen LogP contribution >= 0.6 is 15.6 Å². The molecule has 10 unspecified atom stereocenters. The number of aliphatic hydroxyl groups excluding tert-OH is 1. The molecule has 3 saturated heterocycles. The van der Waals surface area contributed by atoms with Gasteiger partial charge in [0, 0.05) is 5.92 Å². The van der Waals surface area contributed by atoms with E-state index in [1.807, 2.05) is 6.92 Å². The third-order valence-corrected chi connectivity index (χ3v) is 10.4. The molecular weight excluding hydrogens is 668 g/mol. The molecule has 4 aromatic rings. The van der Waals surface area contributed by atoms with E-state index in [2.05, 4.69) is 35.0 Å². The van der Waals surface area contributed by atoms with E-state index in [4.69, 9.17) is 34.5 Å². The molecule has 7 rings (SSSR count). The van der Waals surface area contributed by atoms with Gasteiger partial charge in [0.1, 0.15) is 30.2 Å². The molecule has 7 heterocycles. The van der Waals surface area contributed by atoms with Crippen molar-refractivity contribution in [2.24, 2.45) is 5.92 Å². The molecule has 3 fully saturated rings. The lowest BCUT2D eigenvalue weighted by Gasteiger charge is -2.28. The number of fused-ring (bicyclic) bond motifs is 5. The zero-order valence-corrected chi connectivity index (χ0v) is 26.3. The van der Waals surface area contributed by atoms with Crippen molar-refractivity contribution in [3.8, 4) is 0 Å². The fourth-order valence-corrected chi connectivity index (χ4v) is 8.30. The Morgan fingerprint density at radius 1 is 0.979 bits per heavy atom. The second-order valence-electron chi connectivity index (χ2n) is 11.2. The number of phosphoric ester groups is 1. The topological polar surface area (TPSA) is 312 Å². The minimum absolute atomic E-state index is 0.0344. The molecule has 22 nitrogen and oxygen atoms in total. The van der Waals surface area contributed by atoms with E-state index < -0.39 is 83.2 Å². The summed E-state index contributed by atoms with van der Waals surface area (Å²) in [6.07, 6.45) is -3.27. The fraction of sp³-hybridized carbons (Fsp3) is 0.565. The van der Waals surface area contributed by atoms with E-state index in [0.717, 1.165) is 0 Å². The number of aromatic nitrogens is 8. The summed E-state index contributed by atoms with van der Waals surface area (Å²) in [5.41, 5.74) is 11.4. The highest BCUT2D eigenvalue weighted by Gasteiger charge is 2.53. The Balaban J connectivity index is 1.23. The van der Waals surface area contributed by atoms with Crippen molar-refractivity contribution in [3.05, 3.63) is 29.3 Å². The average Bonchev–Trinajstić information content (AvgIpc) is 3.76. The lowest BCUT2D eigenvalue weighted by Crippen LogP contribution is -2.40. The van der Waals surface area contributed by atoms with Crippen LogP contribution < -0.4 is 22.1 Å². The molecule has 2 bridgehead atoms. The highest BCUT2D eigenvalue weighted by Crippen LogP contribution is 2.52. The van der Waals surface area contributed by atoms with E-state index in [1.165, 1.54) is 28.1 Å². The Morgan fingerprint density at radius 3 is 2.45 bits per heavy atom. The van der Waals surface area contributed by atoms with Crippen LogP contribution in [0.3, 0.4) is 0 Å². The highest BCUT2D eigenvalue weighted by molar-refractivity contribution is 7.50. The fourth-order valence-electron chi connectivity index (χ4n) is 6.22. The summed E-state index contributed by atoms with van der Waals surface area (Å²) in [4.78, 5) is 57.1. The molecule has 0 spiro atoms.